The van der Waals surface area contributed by atoms with Crippen molar-refractivity contribution in [2.75, 3.05) is 0 Å². The van der Waals surface area contributed by atoms with Crippen molar-refractivity contribution >= 4 is 17.7 Å². The van der Waals surface area contributed by atoms with E-state index in [1.54, 1.807) is 6.92 Å². The summed E-state index contributed by atoms with van der Waals surface area (Å²) < 4.78 is 18.4. The van der Waals surface area contributed by atoms with Crippen molar-refractivity contribution in [1.82, 2.24) is 5.32 Å². The quantitative estimate of drug-likeness (QED) is 0.355. The van der Waals surface area contributed by atoms with Crippen LogP contribution in [0.1, 0.15) is 46.6 Å². The number of nitrogens with one attached hydrogen (secondary N) is 1. The molecule has 5 aliphatic rings. The van der Waals surface area contributed by atoms with E-state index in [1.807, 2.05) is 42.5 Å². The highest BCUT2D eigenvalue weighted by molar-refractivity contribution is 5.91. The van der Waals surface area contributed by atoms with Gasteiger partial charge in [-0.05, 0) is 38.2 Å². The van der Waals surface area contributed by atoms with Crippen LogP contribution in [-0.4, -0.2) is 64.4 Å². The van der Waals surface area contributed by atoms with Gasteiger partial charge in [-0.1, -0.05) is 56.3 Å². The van der Waals surface area contributed by atoms with Crippen LogP contribution in [0.5, 0.6) is 0 Å². The Kier molecular flexibility index (Phi) is 5.73. The zero-order valence-corrected chi connectivity index (χ0v) is 22.5. The third-order valence-electron chi connectivity index (χ3n) is 10.1. The second kappa shape index (κ2) is 8.47. The number of amides is 1. The standard InChI is InChI=1S/C30H37NO7/c1-15-10-9-13-19-24-29(5,38-24)16(2)21-20(14-18-11-7-6-8-12-18)31-27(34)30(19,21)26(36-17(3)32)22-25(37-22)28(4,35)23(15)33/h6-9,11-13,15-16,19-22,24-26,35H,10,14H2,1-5H3,(H,31,34)/b13-9+/t15-,16-,19-,20-,21-,22+,24-,25+,26+,28-,29+,30-/m0/s1. The third kappa shape index (κ3) is 3.49. The molecule has 2 N–H and O–H groups in total. The van der Waals surface area contributed by atoms with Crippen LogP contribution in [-0.2, 0) is 35.0 Å². The molecular weight excluding hydrogens is 486 g/mol. The van der Waals surface area contributed by atoms with Crippen LogP contribution in [0.4, 0.5) is 0 Å². The number of hydrogen-bond donors (Lipinski definition) is 2. The van der Waals surface area contributed by atoms with Crippen LogP contribution in [0, 0.1) is 29.1 Å². The van der Waals surface area contributed by atoms with E-state index in [0.29, 0.717) is 12.8 Å². The van der Waals surface area contributed by atoms with Gasteiger partial charge in [0.2, 0.25) is 5.91 Å². The fraction of sp³-hybridized carbons (Fsp3) is 0.633. The Bertz CT molecular complexity index is 1200. The first-order valence-electron chi connectivity index (χ1n) is 13.7. The Hall–Kier alpha value is -2.55. The van der Waals surface area contributed by atoms with Gasteiger partial charge in [-0.25, -0.2) is 0 Å². The number of rotatable bonds is 3. The topological polar surface area (TPSA) is 118 Å². The zero-order chi connectivity index (χ0) is 27.2. The lowest BCUT2D eigenvalue weighted by Crippen LogP contribution is -2.62. The zero-order valence-electron chi connectivity index (χ0n) is 22.5. The lowest BCUT2D eigenvalue weighted by atomic mass is 9.50. The summed E-state index contributed by atoms with van der Waals surface area (Å²) >= 11 is 0. The van der Waals surface area contributed by atoms with E-state index in [-0.39, 0.29) is 35.7 Å². The Morgan fingerprint density at radius 3 is 2.55 bits per heavy atom. The first-order valence-corrected chi connectivity index (χ1v) is 13.7. The number of hydrogen-bond acceptors (Lipinski definition) is 7. The number of Topliss-reactive ketones (excluding diaryl/α,β-unsaturated/α-hetero) is 1. The fourth-order valence-corrected chi connectivity index (χ4v) is 8.06. The maximum absolute atomic E-state index is 14.4. The predicted molar refractivity (Wildman–Crippen MR) is 137 cm³/mol. The predicted octanol–water partition coefficient (Wildman–Crippen LogP) is 2.37. The Morgan fingerprint density at radius 2 is 1.87 bits per heavy atom. The number of allylic oxidation sites excluding steroid dienone is 1. The second-order valence-electron chi connectivity index (χ2n) is 12.4. The molecule has 3 aliphatic heterocycles. The average molecular weight is 524 g/mol. The van der Waals surface area contributed by atoms with Crippen molar-refractivity contribution in [2.24, 2.45) is 29.1 Å². The van der Waals surface area contributed by atoms with Crippen molar-refractivity contribution < 1.29 is 33.7 Å². The number of ketones is 1. The summed E-state index contributed by atoms with van der Waals surface area (Å²) in [6, 6.07) is 9.80. The van der Waals surface area contributed by atoms with E-state index < -0.39 is 52.7 Å². The molecule has 8 nitrogen and oxygen atoms in total. The van der Waals surface area contributed by atoms with E-state index in [4.69, 9.17) is 14.2 Å². The molecule has 1 aromatic rings. The maximum atomic E-state index is 14.4. The Balaban J connectivity index is 1.52. The summed E-state index contributed by atoms with van der Waals surface area (Å²) in [6.45, 7) is 8.79. The summed E-state index contributed by atoms with van der Waals surface area (Å²) in [5.74, 6) is -2.18. The van der Waals surface area contributed by atoms with Crippen molar-refractivity contribution in [2.45, 2.75) is 89.1 Å². The van der Waals surface area contributed by atoms with E-state index >= 15 is 0 Å². The molecule has 3 saturated heterocycles. The minimum atomic E-state index is -1.77. The van der Waals surface area contributed by atoms with E-state index in [1.165, 1.54) is 13.8 Å². The van der Waals surface area contributed by atoms with Gasteiger partial charge in [0, 0.05) is 30.7 Å². The summed E-state index contributed by atoms with van der Waals surface area (Å²) in [7, 11) is 0. The normalized spacial score (nSPS) is 49.8. The van der Waals surface area contributed by atoms with Crippen molar-refractivity contribution in [3.8, 4) is 0 Å². The third-order valence-corrected chi connectivity index (χ3v) is 10.1. The van der Waals surface area contributed by atoms with Crippen molar-refractivity contribution in [1.29, 1.82) is 0 Å². The highest BCUT2D eigenvalue weighted by atomic mass is 16.6. The molecule has 0 radical (unpaired) electrons. The lowest BCUT2D eigenvalue weighted by Gasteiger charge is -2.49. The Labute approximate surface area is 223 Å². The van der Waals surface area contributed by atoms with Crippen LogP contribution in [0.15, 0.2) is 42.5 Å². The molecular formula is C30H37NO7. The van der Waals surface area contributed by atoms with Gasteiger partial charge in [0.15, 0.2) is 5.78 Å². The van der Waals surface area contributed by atoms with Gasteiger partial charge >= 0.3 is 5.97 Å². The number of aliphatic hydroxyl groups is 1. The number of benzene rings is 1. The van der Waals surface area contributed by atoms with Crippen molar-refractivity contribution in [3.05, 3.63) is 48.0 Å². The molecule has 1 spiro atoms. The van der Waals surface area contributed by atoms with Gasteiger partial charge in [0.1, 0.15) is 29.3 Å². The number of esters is 1. The molecule has 4 fully saturated rings. The van der Waals surface area contributed by atoms with Crippen LogP contribution < -0.4 is 5.32 Å². The summed E-state index contributed by atoms with van der Waals surface area (Å²) in [6.07, 6.45) is 2.06. The minimum absolute atomic E-state index is 0.0359. The van der Waals surface area contributed by atoms with Gasteiger partial charge in [-0.15, -0.1) is 0 Å². The van der Waals surface area contributed by atoms with Crippen molar-refractivity contribution in [3.63, 3.8) is 0 Å². The number of fused-ring (bicyclic) bond motifs is 3. The Morgan fingerprint density at radius 1 is 1.16 bits per heavy atom. The minimum Gasteiger partial charge on any atom is -0.458 e. The highest BCUT2D eigenvalue weighted by Crippen LogP contribution is 2.68. The maximum Gasteiger partial charge on any atom is 0.303 e. The second-order valence-corrected chi connectivity index (χ2v) is 12.4. The van der Waals surface area contributed by atoms with E-state index in [2.05, 4.69) is 19.2 Å². The first kappa shape index (κ1) is 25.7. The van der Waals surface area contributed by atoms with Crippen LogP contribution in [0.3, 0.4) is 0 Å². The molecule has 0 bridgehead atoms. The average Bonchev–Trinajstić information content (AvgIpc) is 3.77. The molecule has 1 saturated carbocycles. The largest absolute Gasteiger partial charge is 0.458 e. The molecule has 2 aliphatic carbocycles. The van der Waals surface area contributed by atoms with Gasteiger partial charge in [0.25, 0.3) is 0 Å². The smallest absolute Gasteiger partial charge is 0.303 e. The summed E-state index contributed by atoms with van der Waals surface area (Å²) in [5.41, 5.74) is -2.29. The number of carbonyl (C=O) groups is 3. The summed E-state index contributed by atoms with van der Waals surface area (Å²) in [5, 5.41) is 14.6. The lowest BCUT2D eigenvalue weighted by molar-refractivity contribution is -0.171. The van der Waals surface area contributed by atoms with Crippen LogP contribution >= 0.6 is 0 Å². The molecule has 12 atom stereocenters. The molecule has 204 valence electrons. The van der Waals surface area contributed by atoms with Crippen LogP contribution in [0.25, 0.3) is 0 Å². The first-order chi connectivity index (χ1) is 17.9. The van der Waals surface area contributed by atoms with Gasteiger partial charge in [-0.2, -0.15) is 0 Å². The molecule has 3 heterocycles. The van der Waals surface area contributed by atoms with E-state index in [9.17, 15) is 19.5 Å². The molecule has 38 heavy (non-hydrogen) atoms. The molecule has 8 heteroatoms. The van der Waals surface area contributed by atoms with E-state index in [0.717, 1.165) is 5.56 Å². The van der Waals surface area contributed by atoms with Crippen LogP contribution in [0.2, 0.25) is 0 Å². The van der Waals surface area contributed by atoms with Gasteiger partial charge < -0.3 is 24.6 Å². The fourth-order valence-electron chi connectivity index (χ4n) is 8.06. The number of epoxide rings is 2. The SMILES string of the molecule is CC(=O)O[C@@H]1[C@@H]2O[C@H]2[C@@](C)(O)C(=O)[C@@H](C)C/C=C/[C@H]2[C@@H]3O[C@]3(C)[C@@H](C)[C@H]3[C@H](Cc4ccccc4)NC(=O)[C@@]312. The van der Waals surface area contributed by atoms with Gasteiger partial charge in [-0.3, -0.25) is 14.4 Å². The monoisotopic (exact) mass is 523 g/mol. The number of ether oxygens (including phenoxy) is 3. The molecule has 0 unspecified atom stereocenters. The van der Waals surface area contributed by atoms with Gasteiger partial charge in [0.05, 0.1) is 11.7 Å². The molecule has 0 aromatic heterocycles. The molecule has 1 aromatic carbocycles. The highest BCUT2D eigenvalue weighted by Gasteiger charge is 2.81. The summed E-state index contributed by atoms with van der Waals surface area (Å²) in [4.78, 5) is 40.2. The molecule has 1 amide bonds. The number of carbonyl (C=O) groups excluding carboxylic acids is 3. The molecule has 6 rings (SSSR count).